The molecule has 1 saturated heterocycles. The second-order valence-electron chi connectivity index (χ2n) is 14.1. The minimum Gasteiger partial charge on any atom is -0.468 e. The normalized spacial score (nSPS) is 22.9. The highest BCUT2D eigenvalue weighted by molar-refractivity contribution is 6.24. The van der Waals surface area contributed by atoms with E-state index in [2.05, 4.69) is 46.8 Å². The zero-order chi connectivity index (χ0) is 37.4. The molecule has 10 nitrogen and oxygen atoms in total. The van der Waals surface area contributed by atoms with Crippen LogP contribution in [-0.2, 0) is 32.1 Å². The Balaban J connectivity index is 1.58. The highest BCUT2D eigenvalue weighted by Crippen LogP contribution is 2.48. The van der Waals surface area contributed by atoms with Gasteiger partial charge in [0.2, 0.25) is 0 Å². The first-order chi connectivity index (χ1) is 25.0. The predicted octanol–water partition coefficient (Wildman–Crippen LogP) is 5.62. The highest BCUT2D eigenvalue weighted by atomic mass is 16.5. The Bertz CT molecular complexity index is 2190. The van der Waals surface area contributed by atoms with E-state index in [-0.39, 0.29) is 43.2 Å². The van der Waals surface area contributed by atoms with Crippen molar-refractivity contribution in [3.63, 3.8) is 0 Å². The first-order valence-electron chi connectivity index (χ1n) is 18.3. The number of hydrogen-bond acceptors (Lipinski definition) is 7. The fourth-order valence-corrected chi connectivity index (χ4v) is 8.17. The third kappa shape index (κ3) is 6.34. The largest absolute Gasteiger partial charge is 0.468 e. The summed E-state index contributed by atoms with van der Waals surface area (Å²) in [5.74, 6) is -2.79. The molecular weight excluding hydrogens is 656 g/mol. The van der Waals surface area contributed by atoms with Crippen LogP contribution in [0.25, 0.3) is 29.9 Å². The summed E-state index contributed by atoms with van der Waals surface area (Å²) in [4.78, 5) is 51.4. The molecule has 2 aliphatic heterocycles. The zero-order valence-corrected chi connectivity index (χ0v) is 31.3. The molecule has 1 aliphatic carbocycles. The van der Waals surface area contributed by atoms with Crippen molar-refractivity contribution >= 4 is 47.6 Å². The lowest BCUT2D eigenvalue weighted by Crippen LogP contribution is -2.25. The maximum absolute atomic E-state index is 14.3. The van der Waals surface area contributed by atoms with E-state index < -0.39 is 11.9 Å². The van der Waals surface area contributed by atoms with Crippen LogP contribution in [0.4, 0.5) is 0 Å². The average Bonchev–Trinajstić information content (AvgIpc) is 3.87. The number of hydrogen-bond donors (Lipinski definition) is 5. The number of carbonyl (C=O) groups excluding carboxylic acids is 3. The van der Waals surface area contributed by atoms with E-state index in [0.717, 1.165) is 68.6 Å². The van der Waals surface area contributed by atoms with Gasteiger partial charge >= 0.3 is 11.9 Å². The van der Waals surface area contributed by atoms with Gasteiger partial charge in [-0.2, -0.15) is 0 Å². The topological polar surface area (TPSA) is 149 Å². The quantitative estimate of drug-likeness (QED) is 0.0988. The van der Waals surface area contributed by atoms with E-state index in [1.54, 1.807) is 0 Å². The minimum absolute atomic E-state index is 0.113. The molecule has 10 heteroatoms. The first-order valence-corrected chi connectivity index (χ1v) is 18.3. The number of allylic oxidation sites excluding steroid dienone is 3. The molecule has 0 spiro atoms. The van der Waals surface area contributed by atoms with Crippen molar-refractivity contribution in [2.24, 2.45) is 17.8 Å². The van der Waals surface area contributed by atoms with Crippen LogP contribution < -0.4 is 16.0 Å². The van der Waals surface area contributed by atoms with E-state index in [4.69, 9.17) is 9.47 Å². The summed E-state index contributed by atoms with van der Waals surface area (Å²) in [6.45, 7) is 16.4. The number of rotatable bonds is 11. The Morgan fingerprint density at radius 1 is 0.981 bits per heavy atom. The van der Waals surface area contributed by atoms with Gasteiger partial charge in [0, 0.05) is 79.7 Å². The summed E-state index contributed by atoms with van der Waals surface area (Å²) in [5, 5.41) is 15.8. The van der Waals surface area contributed by atoms with Gasteiger partial charge in [-0.15, -0.1) is 0 Å². The Morgan fingerprint density at radius 2 is 1.69 bits per heavy atom. The van der Waals surface area contributed by atoms with Gasteiger partial charge in [0.05, 0.1) is 19.4 Å². The number of aliphatic hydroxyl groups excluding tert-OH is 1. The first kappa shape index (κ1) is 36.7. The molecule has 8 bridgehead atoms. The second kappa shape index (κ2) is 14.9. The molecule has 3 aromatic rings. The Labute approximate surface area is 304 Å². The van der Waals surface area contributed by atoms with Gasteiger partial charge in [-0.05, 0) is 81.0 Å². The van der Waals surface area contributed by atoms with Crippen LogP contribution in [0.3, 0.4) is 0 Å². The molecule has 52 heavy (non-hydrogen) atoms. The summed E-state index contributed by atoms with van der Waals surface area (Å²) >= 11 is 0. The smallest absolute Gasteiger partial charge is 0.321 e. The molecule has 3 aromatic heterocycles. The second-order valence-corrected chi connectivity index (χ2v) is 14.1. The number of nitrogens with one attached hydrogen (secondary N) is 4. The number of fused-ring (bicyclic) bond motifs is 7. The fourth-order valence-electron chi connectivity index (χ4n) is 8.17. The zero-order valence-electron chi connectivity index (χ0n) is 31.3. The van der Waals surface area contributed by atoms with Crippen LogP contribution in [0.5, 0.6) is 0 Å². The van der Waals surface area contributed by atoms with Gasteiger partial charge in [0.15, 0.2) is 5.78 Å². The molecule has 274 valence electrons. The number of esters is 2. The summed E-state index contributed by atoms with van der Waals surface area (Å²) in [6.07, 6.45) is 13.1. The lowest BCUT2D eigenvalue weighted by atomic mass is 9.85. The standard InChI is InChI=1S/C42H50N4O6/c1-9-12-21(4)15-16-52-35(48)14-13-27-23(6)30-17-29-22(5)25(10-2)32(43-29)19-34-28(20-47)26(11-3)33(44-34)18-31-24(7)36-40(46-31)37(39(27)45-30)38(41(36)49)42(50)51-8/h10,15,17-19,23,27,38,43-47H,2,9,11-14,16,20H2,1,3-8H3/b21-15+,30-17-,33-18-,34-19-,39-37-/t23-,27-,38+/m0/s1. The van der Waals surface area contributed by atoms with Gasteiger partial charge in [0.1, 0.15) is 12.5 Å². The SMILES string of the molecule is C=Cc1c2[nH]c(c1C)/C=C1\N/C(=C3\c4[nH]c(c(C)c4C(=O)[C@@H]3C(=O)OC)/C=c3\[nH]/c(c(CO)c3CC)=C\2)[C@@H](CCC(=O)OC/C=C(\C)CCC)[C@@H]1C. The van der Waals surface area contributed by atoms with Gasteiger partial charge in [-0.1, -0.05) is 45.4 Å². The van der Waals surface area contributed by atoms with E-state index in [1.165, 1.54) is 12.7 Å². The van der Waals surface area contributed by atoms with Crippen LogP contribution in [0.15, 0.2) is 29.6 Å². The third-order valence-corrected chi connectivity index (χ3v) is 11.1. The van der Waals surface area contributed by atoms with Crippen molar-refractivity contribution in [2.75, 3.05) is 13.7 Å². The number of ether oxygens (including phenoxy) is 2. The number of methoxy groups -OCH3 is 1. The Morgan fingerprint density at radius 3 is 2.37 bits per heavy atom. The molecule has 3 atom stereocenters. The van der Waals surface area contributed by atoms with E-state index in [1.807, 2.05) is 52.0 Å². The van der Waals surface area contributed by atoms with E-state index in [0.29, 0.717) is 40.9 Å². The minimum atomic E-state index is -1.17. The van der Waals surface area contributed by atoms with Crippen molar-refractivity contribution in [2.45, 2.75) is 80.3 Å². The van der Waals surface area contributed by atoms with Crippen molar-refractivity contribution in [1.82, 2.24) is 20.3 Å². The van der Waals surface area contributed by atoms with Crippen LogP contribution in [-0.4, -0.2) is 51.5 Å². The molecule has 0 unspecified atom stereocenters. The van der Waals surface area contributed by atoms with Gasteiger partial charge in [0.25, 0.3) is 0 Å². The number of aromatic amines is 3. The molecule has 0 radical (unpaired) electrons. The molecule has 0 aromatic carbocycles. The molecule has 3 aliphatic rings. The van der Waals surface area contributed by atoms with Crippen LogP contribution in [0, 0.1) is 31.6 Å². The number of Topliss-reactive ketones (excluding diaryl/α,β-unsaturated/α-hetero) is 1. The summed E-state index contributed by atoms with van der Waals surface area (Å²) in [7, 11) is 1.29. The van der Waals surface area contributed by atoms with E-state index in [9.17, 15) is 19.5 Å². The van der Waals surface area contributed by atoms with Gasteiger partial charge in [-0.3, -0.25) is 14.4 Å². The molecule has 0 saturated carbocycles. The number of aliphatic hydroxyl groups is 1. The molecule has 0 amide bonds. The summed E-state index contributed by atoms with van der Waals surface area (Å²) in [6, 6.07) is 0. The van der Waals surface area contributed by atoms with Crippen LogP contribution in [0.2, 0.25) is 0 Å². The van der Waals surface area contributed by atoms with Crippen molar-refractivity contribution in [3.05, 3.63) is 96.5 Å². The molecule has 5 N–H and O–H groups in total. The highest BCUT2D eigenvalue weighted by Gasteiger charge is 2.48. The van der Waals surface area contributed by atoms with Gasteiger partial charge in [-0.25, -0.2) is 0 Å². The Kier molecular flexibility index (Phi) is 10.5. The third-order valence-electron chi connectivity index (χ3n) is 11.1. The summed E-state index contributed by atoms with van der Waals surface area (Å²) in [5.41, 5.74) is 11.2. The fraction of sp³-hybridized carbons (Fsp3) is 0.405. The van der Waals surface area contributed by atoms with E-state index >= 15 is 0 Å². The summed E-state index contributed by atoms with van der Waals surface area (Å²) < 4.78 is 10.8. The maximum atomic E-state index is 14.3. The average molecular weight is 707 g/mol. The van der Waals surface area contributed by atoms with Crippen LogP contribution >= 0.6 is 0 Å². The van der Waals surface area contributed by atoms with Gasteiger partial charge < -0.3 is 34.8 Å². The Hall–Kier alpha value is -5.09. The monoisotopic (exact) mass is 706 g/mol. The van der Waals surface area contributed by atoms with Crippen molar-refractivity contribution in [1.29, 1.82) is 0 Å². The molecule has 6 rings (SSSR count). The molecular formula is C42H50N4O6. The maximum Gasteiger partial charge on any atom is 0.321 e. The lowest BCUT2D eigenvalue weighted by Gasteiger charge is -2.19. The van der Waals surface area contributed by atoms with Crippen molar-refractivity contribution in [3.8, 4) is 0 Å². The number of H-pyrrole nitrogens is 3. The number of carbonyl (C=O) groups is 3. The van der Waals surface area contributed by atoms with Crippen LogP contribution in [0.1, 0.15) is 114 Å². The van der Waals surface area contributed by atoms with Crippen molar-refractivity contribution < 1.29 is 29.0 Å². The molecule has 1 fully saturated rings. The number of ketones is 1. The number of aromatic nitrogens is 3. The molecule has 5 heterocycles. The lowest BCUT2D eigenvalue weighted by molar-refractivity contribution is -0.143. The predicted molar refractivity (Wildman–Crippen MR) is 203 cm³/mol.